The summed E-state index contributed by atoms with van der Waals surface area (Å²) in [5.41, 5.74) is 0. The van der Waals surface area contributed by atoms with Crippen LogP contribution >= 0.6 is 15.6 Å². The molecule has 2 unspecified atom stereocenters. The average Bonchev–Trinajstić information content (AvgIpc) is 1.47. The number of carbonyl (C=O) groups is 4. The smallest absolute Gasteiger partial charge is 0.462 e. The topological polar surface area (TPSA) is 237 Å². The molecule has 19 heteroatoms. The fourth-order valence-electron chi connectivity index (χ4n) is 12.1. The van der Waals surface area contributed by atoms with Gasteiger partial charge in [0.25, 0.3) is 0 Å². The Morgan fingerprint density at radius 1 is 0.255 bits per heavy atom. The maximum Gasteiger partial charge on any atom is 0.472 e. The van der Waals surface area contributed by atoms with E-state index in [-0.39, 0.29) is 25.7 Å². The first-order chi connectivity index (χ1) is 47.1. The minimum atomic E-state index is -4.96. The van der Waals surface area contributed by atoms with Gasteiger partial charge in [-0.3, -0.25) is 37.3 Å². The molecule has 0 amide bonds. The molecular weight excluding hydrogens is 1280 g/mol. The van der Waals surface area contributed by atoms with Gasteiger partial charge in [-0.1, -0.05) is 351 Å². The van der Waals surface area contributed by atoms with Crippen molar-refractivity contribution in [1.29, 1.82) is 0 Å². The van der Waals surface area contributed by atoms with Crippen molar-refractivity contribution in [3.8, 4) is 0 Å². The zero-order valence-corrected chi connectivity index (χ0v) is 66.2. The minimum Gasteiger partial charge on any atom is -0.462 e. The van der Waals surface area contributed by atoms with E-state index in [9.17, 15) is 43.2 Å². The maximum absolute atomic E-state index is 13.1. The van der Waals surface area contributed by atoms with Crippen LogP contribution in [-0.4, -0.2) is 96.7 Å². The summed E-state index contributed by atoms with van der Waals surface area (Å²) < 4.78 is 68.5. The molecule has 0 heterocycles. The lowest BCUT2D eigenvalue weighted by Crippen LogP contribution is -2.30. The number of unbranched alkanes of at least 4 members (excludes halogenated alkanes) is 42. The quantitative estimate of drug-likeness (QED) is 0.0222. The van der Waals surface area contributed by atoms with Crippen LogP contribution in [0.5, 0.6) is 0 Å². The molecule has 0 spiro atoms. The Hall–Kier alpha value is -1.94. The highest BCUT2D eigenvalue weighted by Crippen LogP contribution is 2.45. The second-order valence-corrected chi connectivity index (χ2v) is 33.3. The van der Waals surface area contributed by atoms with E-state index in [0.29, 0.717) is 37.5 Å². The van der Waals surface area contributed by atoms with E-state index in [1.807, 2.05) is 0 Å². The molecular formula is C79H154O17P2. The van der Waals surface area contributed by atoms with Crippen molar-refractivity contribution in [1.82, 2.24) is 0 Å². The van der Waals surface area contributed by atoms with E-state index in [2.05, 4.69) is 55.4 Å². The standard InChI is InChI=1S/C79H154O17P2/c1-69(2)55-47-39-31-27-23-19-15-11-9-10-12-17-21-25-29-33-43-51-59-76(81)89-65-74(95-78(83)61-53-45-34-30-26-22-18-14-13-16-20-24-28-32-40-48-56-70(3)4)67-93-97(85,86)91-63-73(80)64-92-98(87,88)94-68-75(96-79(84)62-54-46-38-36-42-50-58-72(7)8)66-90-77(82)60-52-44-37-35-41-49-57-71(5)6/h69-75,80H,9-68H2,1-8H3,(H,85,86)(H,87,88)/t73-,74-,75-/m1/s1. The van der Waals surface area contributed by atoms with Gasteiger partial charge < -0.3 is 33.8 Å². The van der Waals surface area contributed by atoms with Crippen molar-refractivity contribution in [3.63, 3.8) is 0 Å². The third-order valence-corrected chi connectivity index (χ3v) is 20.2. The highest BCUT2D eigenvalue weighted by atomic mass is 31.2. The summed E-state index contributed by atoms with van der Waals surface area (Å²) in [6, 6.07) is 0. The summed E-state index contributed by atoms with van der Waals surface area (Å²) in [4.78, 5) is 72.8. The van der Waals surface area contributed by atoms with Crippen LogP contribution in [0.2, 0.25) is 0 Å². The van der Waals surface area contributed by atoms with Gasteiger partial charge >= 0.3 is 39.5 Å². The molecule has 0 bridgehead atoms. The molecule has 0 aliphatic rings. The molecule has 0 aromatic heterocycles. The molecule has 0 rings (SSSR count). The fraction of sp³-hybridized carbons (Fsp3) is 0.949. The van der Waals surface area contributed by atoms with Gasteiger partial charge in [0.15, 0.2) is 12.2 Å². The Morgan fingerprint density at radius 3 is 0.633 bits per heavy atom. The molecule has 582 valence electrons. The first-order valence-corrected chi connectivity index (χ1v) is 43.7. The van der Waals surface area contributed by atoms with Gasteiger partial charge in [-0.25, -0.2) is 9.13 Å². The van der Waals surface area contributed by atoms with Crippen LogP contribution in [-0.2, 0) is 65.4 Å². The summed E-state index contributed by atoms with van der Waals surface area (Å²) in [5.74, 6) is 0.856. The third kappa shape index (κ3) is 72.4. The van der Waals surface area contributed by atoms with Gasteiger partial charge in [0, 0.05) is 25.7 Å². The molecule has 0 fully saturated rings. The SMILES string of the molecule is CC(C)CCCCCCCCCCCCCCCCCCCCC(=O)OC[C@H](COP(=O)(O)OC[C@@H](O)COP(=O)(O)OC[C@@H](COC(=O)CCCCCCCCC(C)C)OC(=O)CCCCCCCCC(C)C)OC(=O)CCCCCCCCCCCCCCCCCCC(C)C. The van der Waals surface area contributed by atoms with Crippen molar-refractivity contribution in [2.24, 2.45) is 23.7 Å². The van der Waals surface area contributed by atoms with Crippen molar-refractivity contribution in [2.45, 2.75) is 420 Å². The maximum atomic E-state index is 13.1. The highest BCUT2D eigenvalue weighted by molar-refractivity contribution is 7.47. The zero-order valence-electron chi connectivity index (χ0n) is 64.4. The molecule has 0 saturated heterocycles. The van der Waals surface area contributed by atoms with Crippen molar-refractivity contribution in [2.75, 3.05) is 39.6 Å². The van der Waals surface area contributed by atoms with Crippen LogP contribution < -0.4 is 0 Å². The average molecular weight is 1440 g/mol. The predicted octanol–water partition coefficient (Wildman–Crippen LogP) is 23.2. The lowest BCUT2D eigenvalue weighted by molar-refractivity contribution is -0.161. The molecule has 5 atom stereocenters. The van der Waals surface area contributed by atoms with E-state index < -0.39 is 97.5 Å². The normalized spacial score (nSPS) is 14.1. The summed E-state index contributed by atoms with van der Waals surface area (Å²) in [6.45, 7) is 14.1. The number of aliphatic hydroxyl groups is 1. The number of rotatable bonds is 76. The fourth-order valence-corrected chi connectivity index (χ4v) is 13.7. The molecule has 0 saturated carbocycles. The Bertz CT molecular complexity index is 1920. The van der Waals surface area contributed by atoms with Crippen LogP contribution in [0.15, 0.2) is 0 Å². The van der Waals surface area contributed by atoms with Crippen LogP contribution in [0.3, 0.4) is 0 Å². The molecule has 0 aliphatic heterocycles. The second-order valence-electron chi connectivity index (χ2n) is 30.4. The van der Waals surface area contributed by atoms with E-state index >= 15 is 0 Å². The van der Waals surface area contributed by atoms with Crippen molar-refractivity contribution < 1.29 is 80.2 Å². The Morgan fingerprint density at radius 2 is 0.429 bits per heavy atom. The molecule has 0 aromatic rings. The summed E-state index contributed by atoms with van der Waals surface area (Å²) in [6.07, 6.45) is 54.7. The number of phosphoric ester groups is 2. The first kappa shape index (κ1) is 96.1. The Kier molecular flexibility index (Phi) is 66.8. The van der Waals surface area contributed by atoms with Gasteiger partial charge in [-0.05, 0) is 49.4 Å². The second kappa shape index (κ2) is 68.2. The molecule has 17 nitrogen and oxygen atoms in total. The zero-order chi connectivity index (χ0) is 72.4. The van der Waals surface area contributed by atoms with E-state index in [1.54, 1.807) is 0 Å². The Balaban J connectivity index is 5.16. The van der Waals surface area contributed by atoms with Gasteiger partial charge in [0.05, 0.1) is 26.4 Å². The van der Waals surface area contributed by atoms with Crippen LogP contribution in [0.4, 0.5) is 0 Å². The monoisotopic (exact) mass is 1440 g/mol. The van der Waals surface area contributed by atoms with E-state index in [4.69, 9.17) is 37.0 Å². The predicted molar refractivity (Wildman–Crippen MR) is 400 cm³/mol. The number of ether oxygens (including phenoxy) is 4. The van der Waals surface area contributed by atoms with Gasteiger partial charge in [0.1, 0.15) is 19.3 Å². The number of esters is 4. The van der Waals surface area contributed by atoms with Crippen molar-refractivity contribution >= 4 is 39.5 Å². The Labute approximate surface area is 600 Å². The number of aliphatic hydroxyl groups excluding tert-OH is 1. The largest absolute Gasteiger partial charge is 0.472 e. The third-order valence-electron chi connectivity index (χ3n) is 18.3. The van der Waals surface area contributed by atoms with Crippen molar-refractivity contribution in [3.05, 3.63) is 0 Å². The van der Waals surface area contributed by atoms with Crippen LogP contribution in [0, 0.1) is 23.7 Å². The van der Waals surface area contributed by atoms with Gasteiger partial charge in [-0.15, -0.1) is 0 Å². The lowest BCUT2D eigenvalue weighted by Gasteiger charge is -2.21. The summed E-state index contributed by atoms with van der Waals surface area (Å²) in [5, 5.41) is 10.6. The number of hydrogen-bond acceptors (Lipinski definition) is 15. The minimum absolute atomic E-state index is 0.101. The highest BCUT2D eigenvalue weighted by Gasteiger charge is 2.30. The molecule has 3 N–H and O–H groups in total. The van der Waals surface area contributed by atoms with Gasteiger partial charge in [0.2, 0.25) is 0 Å². The molecule has 0 radical (unpaired) electrons. The molecule has 0 aromatic carbocycles. The molecule has 0 aliphatic carbocycles. The first-order valence-electron chi connectivity index (χ1n) is 40.7. The number of phosphoric acid groups is 2. The van der Waals surface area contributed by atoms with Crippen LogP contribution in [0.1, 0.15) is 402 Å². The number of hydrogen-bond donors (Lipinski definition) is 3. The van der Waals surface area contributed by atoms with Crippen LogP contribution in [0.25, 0.3) is 0 Å². The summed E-state index contributed by atoms with van der Waals surface area (Å²) in [7, 11) is -9.91. The van der Waals surface area contributed by atoms with Gasteiger partial charge in [-0.2, -0.15) is 0 Å². The van der Waals surface area contributed by atoms with E-state index in [1.165, 1.54) is 199 Å². The molecule has 98 heavy (non-hydrogen) atoms. The lowest BCUT2D eigenvalue weighted by atomic mass is 10.0. The van der Waals surface area contributed by atoms with E-state index in [0.717, 1.165) is 108 Å². The number of carbonyl (C=O) groups excluding carboxylic acids is 4. The summed E-state index contributed by atoms with van der Waals surface area (Å²) >= 11 is 0.